The highest BCUT2D eigenvalue weighted by Gasteiger charge is 1.84. The topological polar surface area (TPSA) is 29.1 Å². The maximum Gasteiger partial charge on any atom is 0.0219 e. The van der Waals surface area contributed by atoms with Crippen LogP contribution in [0.4, 0.5) is 0 Å². The van der Waals surface area contributed by atoms with Crippen LogP contribution in [-0.4, -0.2) is 22.9 Å². The number of hydrogen-bond donors (Lipinski definition) is 1. The van der Waals surface area contributed by atoms with E-state index in [1.165, 1.54) is 0 Å². The first-order valence-corrected chi connectivity index (χ1v) is 4.26. The number of nitrogens with one attached hydrogen (secondary N) is 1. The standard InChI is InChI=1S/C4H11NOS/c1-4-5-7(2,3)6/h2,4H2,1,3H3,(H,5,6). The van der Waals surface area contributed by atoms with Crippen LogP contribution in [0, 0.1) is 0 Å². The highest BCUT2D eigenvalue weighted by Crippen LogP contribution is 1.68. The molecule has 3 heteroatoms. The minimum Gasteiger partial charge on any atom is -0.253 e. The lowest BCUT2D eigenvalue weighted by atomic mass is 10.8. The van der Waals surface area contributed by atoms with Crippen LogP contribution in [-0.2, 0) is 9.71 Å². The molecule has 2 nitrogen and oxygen atoms in total. The maximum absolute atomic E-state index is 10.6. The molecule has 0 saturated heterocycles. The van der Waals surface area contributed by atoms with Crippen LogP contribution in [0.15, 0.2) is 0 Å². The molecule has 0 rings (SSSR count). The Labute approximate surface area is 45.1 Å². The summed E-state index contributed by atoms with van der Waals surface area (Å²) in [5.41, 5.74) is 0. The van der Waals surface area contributed by atoms with Crippen molar-refractivity contribution in [2.75, 3.05) is 12.8 Å². The lowest BCUT2D eigenvalue weighted by Gasteiger charge is -1.98. The lowest BCUT2D eigenvalue weighted by molar-refractivity contribution is 0.676. The van der Waals surface area contributed by atoms with Crippen molar-refractivity contribution in [3.63, 3.8) is 0 Å². The van der Waals surface area contributed by atoms with Gasteiger partial charge < -0.3 is 0 Å². The molecule has 1 atom stereocenters. The Balaban J connectivity index is 3.60. The quantitative estimate of drug-likeness (QED) is 0.506. The smallest absolute Gasteiger partial charge is 0.0219 e. The zero-order valence-electron chi connectivity index (χ0n) is 4.73. The molecule has 0 aromatic heterocycles. The summed E-state index contributed by atoms with van der Waals surface area (Å²) in [4.78, 5) is 0. The minimum absolute atomic E-state index is 0.721. The first-order valence-electron chi connectivity index (χ1n) is 2.13. The second kappa shape index (κ2) is 2.33. The van der Waals surface area contributed by atoms with E-state index in [4.69, 9.17) is 0 Å². The van der Waals surface area contributed by atoms with Crippen molar-refractivity contribution in [3.05, 3.63) is 0 Å². The molecule has 1 unspecified atom stereocenters. The molecule has 0 aromatic rings. The molecule has 0 spiro atoms. The molecule has 0 bridgehead atoms. The molecule has 0 aliphatic rings. The zero-order valence-corrected chi connectivity index (χ0v) is 5.55. The molecule has 0 aliphatic carbocycles. The van der Waals surface area contributed by atoms with E-state index in [0.29, 0.717) is 0 Å². The Bertz CT molecular complexity index is 125. The molecule has 7 heavy (non-hydrogen) atoms. The highest BCUT2D eigenvalue weighted by molar-refractivity contribution is 7.97. The van der Waals surface area contributed by atoms with Gasteiger partial charge in [-0.05, 0) is 5.87 Å². The summed E-state index contributed by atoms with van der Waals surface area (Å²) in [5, 5.41) is 0. The largest absolute Gasteiger partial charge is 0.253 e. The van der Waals surface area contributed by atoms with Gasteiger partial charge in [-0.15, -0.1) is 0 Å². The van der Waals surface area contributed by atoms with Crippen LogP contribution in [0.3, 0.4) is 0 Å². The molecule has 0 saturated carbocycles. The number of hydrogen-bond acceptors (Lipinski definition) is 1. The average molecular weight is 121 g/mol. The SMILES string of the molecule is C=S(C)(=O)NCC. The normalized spacial score (nSPS) is 18.6. The number of rotatable bonds is 2. The second-order valence-corrected chi connectivity index (χ2v) is 3.80. The van der Waals surface area contributed by atoms with E-state index in [1.807, 2.05) is 6.92 Å². The lowest BCUT2D eigenvalue weighted by Crippen LogP contribution is -2.20. The molecular weight excluding hydrogens is 110 g/mol. The Morgan fingerprint density at radius 2 is 2.29 bits per heavy atom. The molecule has 1 N–H and O–H groups in total. The van der Waals surface area contributed by atoms with Crippen LogP contribution < -0.4 is 4.72 Å². The Morgan fingerprint density at radius 3 is 2.29 bits per heavy atom. The first kappa shape index (κ1) is 6.98. The van der Waals surface area contributed by atoms with E-state index in [1.54, 1.807) is 6.26 Å². The summed E-state index contributed by atoms with van der Waals surface area (Å²) in [6.07, 6.45) is 1.58. The van der Waals surface area contributed by atoms with Gasteiger partial charge in [-0.25, -0.2) is 4.72 Å². The van der Waals surface area contributed by atoms with Gasteiger partial charge in [0.2, 0.25) is 0 Å². The molecular formula is C4H11NOS. The van der Waals surface area contributed by atoms with Crippen molar-refractivity contribution in [1.29, 1.82) is 0 Å². The molecule has 0 radical (unpaired) electrons. The van der Waals surface area contributed by atoms with Crippen LogP contribution >= 0.6 is 0 Å². The van der Waals surface area contributed by atoms with E-state index < -0.39 is 9.71 Å². The first-order chi connectivity index (χ1) is 3.06. The van der Waals surface area contributed by atoms with E-state index in [-0.39, 0.29) is 0 Å². The molecule has 0 aliphatic heterocycles. The summed E-state index contributed by atoms with van der Waals surface area (Å²) in [6.45, 7) is 2.62. The monoisotopic (exact) mass is 121 g/mol. The fourth-order valence-electron chi connectivity index (χ4n) is 0.305. The van der Waals surface area contributed by atoms with Crippen LogP contribution in [0.25, 0.3) is 0 Å². The average Bonchev–Trinajstić information content (AvgIpc) is 1.30. The summed E-state index contributed by atoms with van der Waals surface area (Å²) in [6, 6.07) is 0. The van der Waals surface area contributed by atoms with Crippen LogP contribution in [0.1, 0.15) is 6.92 Å². The predicted molar refractivity (Wildman–Crippen MR) is 34.9 cm³/mol. The minimum atomic E-state index is -1.92. The van der Waals surface area contributed by atoms with Gasteiger partial charge in [0.1, 0.15) is 0 Å². The molecule has 44 valence electrons. The van der Waals surface area contributed by atoms with Gasteiger partial charge in [-0.2, -0.15) is 0 Å². The van der Waals surface area contributed by atoms with E-state index in [0.717, 1.165) is 6.54 Å². The highest BCUT2D eigenvalue weighted by atomic mass is 32.2. The van der Waals surface area contributed by atoms with Crippen LogP contribution in [0.5, 0.6) is 0 Å². The van der Waals surface area contributed by atoms with Crippen molar-refractivity contribution in [2.24, 2.45) is 0 Å². The fraction of sp³-hybridized carbons (Fsp3) is 0.750. The third-order valence-corrected chi connectivity index (χ3v) is 1.35. The van der Waals surface area contributed by atoms with Gasteiger partial charge in [0.25, 0.3) is 0 Å². The van der Waals surface area contributed by atoms with Gasteiger partial charge >= 0.3 is 0 Å². The van der Waals surface area contributed by atoms with Gasteiger partial charge in [0, 0.05) is 22.5 Å². The van der Waals surface area contributed by atoms with Gasteiger partial charge in [-0.3, -0.25) is 4.21 Å². The van der Waals surface area contributed by atoms with E-state index in [2.05, 4.69) is 10.6 Å². The predicted octanol–water partition coefficient (Wildman–Crippen LogP) is -0.143. The zero-order chi connectivity index (χ0) is 5.91. The Morgan fingerprint density at radius 1 is 1.86 bits per heavy atom. The molecule has 0 amide bonds. The van der Waals surface area contributed by atoms with Crippen molar-refractivity contribution < 1.29 is 4.21 Å². The Kier molecular flexibility index (Phi) is 2.32. The third-order valence-electron chi connectivity index (χ3n) is 0.450. The summed E-state index contributed by atoms with van der Waals surface area (Å²) in [7, 11) is -1.92. The van der Waals surface area contributed by atoms with Crippen molar-refractivity contribution in [2.45, 2.75) is 6.92 Å². The molecule has 0 aromatic carbocycles. The molecule has 0 fully saturated rings. The van der Waals surface area contributed by atoms with Gasteiger partial charge in [-0.1, -0.05) is 6.92 Å². The summed E-state index contributed by atoms with van der Waals surface area (Å²) >= 11 is 0. The third kappa shape index (κ3) is 5.98. The summed E-state index contributed by atoms with van der Waals surface area (Å²) in [5.74, 6) is 3.38. The van der Waals surface area contributed by atoms with E-state index in [9.17, 15) is 4.21 Å². The maximum atomic E-state index is 10.6. The van der Waals surface area contributed by atoms with Crippen LogP contribution in [0.2, 0.25) is 0 Å². The second-order valence-electron chi connectivity index (χ2n) is 1.50. The van der Waals surface area contributed by atoms with Crippen molar-refractivity contribution in [3.8, 4) is 0 Å². The van der Waals surface area contributed by atoms with E-state index >= 15 is 0 Å². The van der Waals surface area contributed by atoms with Gasteiger partial charge in [0.15, 0.2) is 0 Å². The van der Waals surface area contributed by atoms with Crippen molar-refractivity contribution >= 4 is 15.6 Å². The van der Waals surface area contributed by atoms with Gasteiger partial charge in [0.05, 0.1) is 0 Å². The Hall–Kier alpha value is -0.0200. The summed E-state index contributed by atoms with van der Waals surface area (Å²) < 4.78 is 13.3. The fourth-order valence-corrected chi connectivity index (χ4v) is 0.916. The van der Waals surface area contributed by atoms with Crippen molar-refractivity contribution in [1.82, 2.24) is 4.72 Å². The molecule has 0 heterocycles.